The van der Waals surface area contributed by atoms with Gasteiger partial charge < -0.3 is 14.4 Å². The normalized spacial score (nSPS) is 16.8. The zero-order chi connectivity index (χ0) is 27.1. The Labute approximate surface area is 244 Å². The zero-order valence-electron chi connectivity index (χ0n) is 22.2. The lowest BCUT2D eigenvalue weighted by Gasteiger charge is -2.44. The predicted octanol–water partition coefficient (Wildman–Crippen LogP) is 4.86. The highest BCUT2D eigenvalue weighted by Crippen LogP contribution is 2.34. The fraction of sp³-hybridized carbons (Fsp3) is 0.357. The van der Waals surface area contributed by atoms with E-state index in [1.165, 1.54) is 11.1 Å². The average molecular weight is 653 g/mol. The highest BCUT2D eigenvalue weighted by atomic mass is 79.9. The molecule has 11 heteroatoms. The van der Waals surface area contributed by atoms with Crippen LogP contribution < -0.4 is 4.90 Å². The van der Waals surface area contributed by atoms with Crippen molar-refractivity contribution in [3.63, 3.8) is 0 Å². The molecule has 39 heavy (non-hydrogen) atoms. The van der Waals surface area contributed by atoms with Gasteiger partial charge in [0.05, 0.1) is 12.4 Å². The van der Waals surface area contributed by atoms with E-state index in [0.717, 1.165) is 58.7 Å². The molecule has 0 spiro atoms. The Balaban J connectivity index is 1.33. The Morgan fingerprint density at radius 1 is 0.949 bits per heavy atom. The van der Waals surface area contributed by atoms with Gasteiger partial charge in [0.25, 0.3) is 5.78 Å². The number of rotatable bonds is 7. The molecule has 0 N–H and O–H groups in total. The van der Waals surface area contributed by atoms with Crippen LogP contribution >= 0.6 is 31.9 Å². The van der Waals surface area contributed by atoms with Gasteiger partial charge in [0.1, 0.15) is 11.8 Å². The van der Waals surface area contributed by atoms with Crippen LogP contribution in [0.1, 0.15) is 24.1 Å². The van der Waals surface area contributed by atoms with Gasteiger partial charge in [0.15, 0.2) is 11.5 Å². The quantitative estimate of drug-likeness (QED) is 0.249. The van der Waals surface area contributed by atoms with Gasteiger partial charge in [-0.25, -0.2) is 9.38 Å². The van der Waals surface area contributed by atoms with Gasteiger partial charge in [0, 0.05) is 47.7 Å². The first kappa shape index (κ1) is 26.4. The largest absolute Gasteiger partial charge is 0.349 e. The molecular formula is C28H31Br2N9. The predicted molar refractivity (Wildman–Crippen MR) is 161 cm³/mol. The second kappa shape index (κ2) is 11.0. The van der Waals surface area contributed by atoms with E-state index in [1.54, 1.807) is 6.33 Å². The molecule has 1 aliphatic rings. The molecule has 4 heterocycles. The number of benzene rings is 2. The number of anilines is 1. The van der Waals surface area contributed by atoms with Crippen LogP contribution in [0.3, 0.4) is 0 Å². The van der Waals surface area contributed by atoms with Crippen LogP contribution in [0, 0.1) is 0 Å². The van der Waals surface area contributed by atoms with Gasteiger partial charge >= 0.3 is 0 Å². The number of nitrogens with zero attached hydrogens (tertiary/aromatic N) is 9. The van der Waals surface area contributed by atoms with E-state index >= 15 is 0 Å². The molecule has 0 bridgehead atoms. The molecule has 3 aromatic heterocycles. The van der Waals surface area contributed by atoms with Crippen molar-refractivity contribution in [3.05, 3.63) is 81.3 Å². The third kappa shape index (κ3) is 5.20. The number of imidazole rings is 1. The molecule has 2 aromatic carbocycles. The Morgan fingerprint density at radius 3 is 2.23 bits per heavy atom. The molecule has 9 nitrogen and oxygen atoms in total. The van der Waals surface area contributed by atoms with Gasteiger partial charge in [0.2, 0.25) is 0 Å². The molecule has 0 aliphatic carbocycles. The first-order chi connectivity index (χ1) is 18.9. The summed E-state index contributed by atoms with van der Waals surface area (Å²) in [5.74, 6) is 1.48. The summed E-state index contributed by atoms with van der Waals surface area (Å²) in [5, 5.41) is 8.46. The van der Waals surface area contributed by atoms with Gasteiger partial charge in [-0.15, -0.1) is 10.2 Å². The second-order valence-corrected chi connectivity index (χ2v) is 12.2. The number of aromatic nitrogens is 6. The van der Waals surface area contributed by atoms with E-state index in [2.05, 4.69) is 131 Å². The van der Waals surface area contributed by atoms with Gasteiger partial charge in [-0.05, 0) is 56.4 Å². The van der Waals surface area contributed by atoms with Crippen molar-refractivity contribution in [2.75, 3.05) is 45.2 Å². The molecule has 1 fully saturated rings. The monoisotopic (exact) mass is 651 g/mol. The molecule has 0 radical (unpaired) electrons. The number of piperazine rings is 1. The molecule has 0 amide bonds. The minimum absolute atomic E-state index is 0.160. The third-order valence-corrected chi connectivity index (χ3v) is 8.50. The molecule has 202 valence electrons. The van der Waals surface area contributed by atoms with Gasteiger partial charge in [-0.3, -0.25) is 4.90 Å². The standard InChI is InChI=1S/C28H31Br2N9/c1-19-16-36(25(20-4-8-22(29)9-5-20)21-6-10-23(30)11-7-21)14-15-38(19)26-24-27(39-18-32-34-28(39)33-26)37(17-31-24)13-12-35(2)3/h4-11,17-19,25H,12-16H2,1-3H3. The zero-order valence-corrected chi connectivity index (χ0v) is 25.4. The van der Waals surface area contributed by atoms with E-state index in [9.17, 15) is 0 Å². The molecule has 1 aliphatic heterocycles. The molecular weight excluding hydrogens is 622 g/mol. The number of hydrogen-bond acceptors (Lipinski definition) is 7. The van der Waals surface area contributed by atoms with E-state index in [-0.39, 0.29) is 12.1 Å². The van der Waals surface area contributed by atoms with Crippen molar-refractivity contribution in [2.45, 2.75) is 25.6 Å². The van der Waals surface area contributed by atoms with Gasteiger partial charge in [-0.1, -0.05) is 56.1 Å². The van der Waals surface area contributed by atoms with E-state index in [0.29, 0.717) is 5.78 Å². The number of likely N-dealkylation sites (N-methyl/N-ethyl adjacent to an activating group) is 1. The van der Waals surface area contributed by atoms with Crippen molar-refractivity contribution in [3.8, 4) is 0 Å². The van der Waals surface area contributed by atoms with Crippen LogP contribution in [0.4, 0.5) is 5.82 Å². The fourth-order valence-electron chi connectivity index (χ4n) is 5.50. The van der Waals surface area contributed by atoms with Crippen LogP contribution in [0.2, 0.25) is 0 Å². The Kier molecular flexibility index (Phi) is 7.41. The summed E-state index contributed by atoms with van der Waals surface area (Å²) in [6.07, 6.45) is 3.64. The Morgan fingerprint density at radius 2 is 1.62 bits per heavy atom. The van der Waals surface area contributed by atoms with Crippen LogP contribution in [0.15, 0.2) is 70.1 Å². The maximum atomic E-state index is 4.95. The lowest BCUT2D eigenvalue weighted by Crippen LogP contribution is -2.53. The van der Waals surface area contributed by atoms with Crippen LogP contribution in [-0.2, 0) is 6.54 Å². The van der Waals surface area contributed by atoms with E-state index in [4.69, 9.17) is 9.97 Å². The molecule has 6 rings (SSSR count). The van der Waals surface area contributed by atoms with Crippen molar-refractivity contribution in [2.24, 2.45) is 0 Å². The summed E-state index contributed by atoms with van der Waals surface area (Å²) < 4.78 is 6.29. The Bertz CT molecular complexity index is 1530. The SMILES string of the molecule is CC1CN(C(c2ccc(Br)cc2)c2ccc(Br)cc2)CCN1c1nc2nncn2c2c1ncn2CCN(C)C. The minimum atomic E-state index is 0.160. The number of fused-ring (bicyclic) bond motifs is 3. The van der Waals surface area contributed by atoms with Crippen LogP contribution in [0.25, 0.3) is 16.9 Å². The number of hydrogen-bond donors (Lipinski definition) is 0. The van der Waals surface area contributed by atoms with Crippen molar-refractivity contribution in [1.82, 2.24) is 38.9 Å². The lowest BCUT2D eigenvalue weighted by atomic mass is 9.95. The summed E-state index contributed by atoms with van der Waals surface area (Å²) in [7, 11) is 4.16. The number of halogens is 2. The summed E-state index contributed by atoms with van der Waals surface area (Å²) >= 11 is 7.19. The van der Waals surface area contributed by atoms with Crippen molar-refractivity contribution in [1.29, 1.82) is 0 Å². The average Bonchev–Trinajstić information content (AvgIpc) is 3.56. The Hall–Kier alpha value is -2.86. The maximum Gasteiger partial charge on any atom is 0.258 e. The van der Waals surface area contributed by atoms with E-state index < -0.39 is 0 Å². The highest BCUT2D eigenvalue weighted by Gasteiger charge is 2.33. The summed E-state index contributed by atoms with van der Waals surface area (Å²) in [5.41, 5.74) is 4.44. The van der Waals surface area contributed by atoms with Crippen molar-refractivity contribution >= 4 is 54.6 Å². The first-order valence-electron chi connectivity index (χ1n) is 13.1. The molecule has 0 saturated carbocycles. The van der Waals surface area contributed by atoms with Gasteiger partial charge in [-0.2, -0.15) is 4.98 Å². The highest BCUT2D eigenvalue weighted by molar-refractivity contribution is 9.10. The molecule has 1 saturated heterocycles. The topological polar surface area (TPSA) is 70.6 Å². The fourth-order valence-corrected chi connectivity index (χ4v) is 6.03. The summed E-state index contributed by atoms with van der Waals surface area (Å²) in [4.78, 5) is 16.9. The van der Waals surface area contributed by atoms with Crippen LogP contribution in [0.5, 0.6) is 0 Å². The second-order valence-electron chi connectivity index (χ2n) is 10.4. The maximum absolute atomic E-state index is 4.95. The summed E-state index contributed by atoms with van der Waals surface area (Å²) in [6, 6.07) is 17.8. The molecule has 1 atom stereocenters. The van der Waals surface area contributed by atoms with E-state index in [1.807, 2.05) is 10.7 Å². The third-order valence-electron chi connectivity index (χ3n) is 7.44. The van der Waals surface area contributed by atoms with Crippen molar-refractivity contribution < 1.29 is 0 Å². The smallest absolute Gasteiger partial charge is 0.258 e. The molecule has 5 aromatic rings. The molecule has 1 unspecified atom stereocenters. The first-order valence-corrected chi connectivity index (χ1v) is 14.7. The van der Waals surface area contributed by atoms with Crippen LogP contribution in [-0.4, -0.2) is 85.2 Å². The minimum Gasteiger partial charge on any atom is -0.349 e. The lowest BCUT2D eigenvalue weighted by molar-refractivity contribution is 0.187. The summed E-state index contributed by atoms with van der Waals surface area (Å²) in [6.45, 7) is 6.63.